The van der Waals surface area contributed by atoms with Crippen LogP contribution in [0.3, 0.4) is 0 Å². The van der Waals surface area contributed by atoms with Gasteiger partial charge in [0, 0.05) is 32.1 Å². The third kappa shape index (κ3) is 2.95. The van der Waals surface area contributed by atoms with Gasteiger partial charge in [0.15, 0.2) is 0 Å². The van der Waals surface area contributed by atoms with Gasteiger partial charge in [-0.3, -0.25) is 4.90 Å². The Hall–Kier alpha value is -1.53. The van der Waals surface area contributed by atoms with Crippen LogP contribution in [0.2, 0.25) is 0 Å². The number of hydrogen-bond donors (Lipinski definition) is 0. The molecule has 3 atom stereocenters. The van der Waals surface area contributed by atoms with E-state index in [1.807, 2.05) is 12.1 Å². The van der Waals surface area contributed by atoms with Crippen LogP contribution in [0.4, 0.5) is 9.52 Å². The average Bonchev–Trinajstić information content (AvgIpc) is 3.31. The predicted molar refractivity (Wildman–Crippen MR) is 97.5 cm³/mol. The van der Waals surface area contributed by atoms with E-state index < -0.39 is 0 Å². The van der Waals surface area contributed by atoms with Crippen molar-refractivity contribution in [1.29, 1.82) is 0 Å². The van der Waals surface area contributed by atoms with Crippen LogP contribution in [0.1, 0.15) is 29.8 Å². The van der Waals surface area contributed by atoms with Crippen molar-refractivity contribution in [3.63, 3.8) is 0 Å². The Balaban J connectivity index is 1.26. The molecule has 0 N–H and O–H groups in total. The van der Waals surface area contributed by atoms with Crippen LogP contribution >= 0.6 is 11.3 Å². The predicted octanol–water partition coefficient (Wildman–Crippen LogP) is 3.19. The maximum absolute atomic E-state index is 13.0. The van der Waals surface area contributed by atoms with Crippen molar-refractivity contribution in [3.8, 4) is 0 Å². The second-order valence-corrected chi connectivity index (χ2v) is 8.71. The van der Waals surface area contributed by atoms with Gasteiger partial charge >= 0.3 is 0 Å². The molecule has 25 heavy (non-hydrogen) atoms. The van der Waals surface area contributed by atoms with Gasteiger partial charge in [0.2, 0.25) is 5.13 Å². The standard InChI is InChI=1S/C19H23FN4S/c20-15-6-4-13(5-7-15)9-18-21-22-19(25-18)24-11-14-10-23-8-2-1-3-17(23)16(14)12-24/h4-7,14,16-17H,1-3,8-12H2. The lowest BCUT2D eigenvalue weighted by Gasteiger charge is -2.33. The molecule has 0 aliphatic carbocycles. The van der Waals surface area contributed by atoms with Gasteiger partial charge in [0.05, 0.1) is 0 Å². The summed E-state index contributed by atoms with van der Waals surface area (Å²) in [4.78, 5) is 5.18. The van der Waals surface area contributed by atoms with Crippen LogP contribution < -0.4 is 4.90 Å². The summed E-state index contributed by atoms with van der Waals surface area (Å²) in [5, 5.41) is 10.9. The first kappa shape index (κ1) is 15.7. The van der Waals surface area contributed by atoms with Gasteiger partial charge in [-0.2, -0.15) is 0 Å². The second-order valence-electron chi connectivity index (χ2n) is 7.67. The van der Waals surface area contributed by atoms with Crippen LogP contribution in [0.15, 0.2) is 24.3 Å². The summed E-state index contributed by atoms with van der Waals surface area (Å²) >= 11 is 1.69. The molecule has 0 saturated carbocycles. The Kier molecular flexibility index (Phi) is 3.97. The molecule has 2 aromatic rings. The Morgan fingerprint density at radius 2 is 1.96 bits per heavy atom. The molecule has 5 rings (SSSR count). The molecule has 3 aliphatic rings. The van der Waals surface area contributed by atoms with Crippen molar-refractivity contribution in [1.82, 2.24) is 15.1 Å². The monoisotopic (exact) mass is 358 g/mol. The maximum Gasteiger partial charge on any atom is 0.208 e. The summed E-state index contributed by atoms with van der Waals surface area (Å²) in [5.41, 5.74) is 1.08. The molecule has 6 heteroatoms. The van der Waals surface area contributed by atoms with Crippen LogP contribution in [0, 0.1) is 17.7 Å². The van der Waals surface area contributed by atoms with E-state index in [1.165, 1.54) is 44.5 Å². The lowest BCUT2D eigenvalue weighted by atomic mass is 9.90. The fourth-order valence-corrected chi connectivity index (χ4v) is 5.82. The number of anilines is 1. The minimum absolute atomic E-state index is 0.193. The molecule has 3 fully saturated rings. The third-order valence-corrected chi connectivity index (χ3v) is 7.10. The second kappa shape index (κ2) is 6.32. The Morgan fingerprint density at radius 3 is 2.84 bits per heavy atom. The molecule has 1 aromatic heterocycles. The van der Waals surface area contributed by atoms with E-state index >= 15 is 0 Å². The molecule has 0 bridgehead atoms. The highest BCUT2D eigenvalue weighted by atomic mass is 32.1. The summed E-state index contributed by atoms with van der Waals surface area (Å²) in [7, 11) is 0. The van der Waals surface area contributed by atoms with Gasteiger partial charge in [-0.15, -0.1) is 10.2 Å². The summed E-state index contributed by atoms with van der Waals surface area (Å²) < 4.78 is 13.0. The zero-order valence-corrected chi connectivity index (χ0v) is 15.1. The zero-order chi connectivity index (χ0) is 16.8. The zero-order valence-electron chi connectivity index (χ0n) is 14.3. The van der Waals surface area contributed by atoms with Gasteiger partial charge in [0.25, 0.3) is 0 Å². The Bertz CT molecular complexity index is 746. The van der Waals surface area contributed by atoms with E-state index in [4.69, 9.17) is 0 Å². The SMILES string of the molecule is Fc1ccc(Cc2nnc(N3CC4CN5CCCCC5C4C3)s2)cc1. The van der Waals surface area contributed by atoms with Gasteiger partial charge in [-0.05, 0) is 48.9 Å². The molecular weight excluding hydrogens is 335 g/mol. The minimum atomic E-state index is -0.193. The molecular formula is C19H23FN4S. The quantitative estimate of drug-likeness (QED) is 0.843. The van der Waals surface area contributed by atoms with Crippen LogP contribution in [0.5, 0.6) is 0 Å². The van der Waals surface area contributed by atoms with Gasteiger partial charge in [-0.25, -0.2) is 4.39 Å². The first-order valence-electron chi connectivity index (χ1n) is 9.32. The van der Waals surface area contributed by atoms with Crippen molar-refractivity contribution >= 4 is 16.5 Å². The van der Waals surface area contributed by atoms with E-state index in [9.17, 15) is 4.39 Å². The van der Waals surface area contributed by atoms with Crippen molar-refractivity contribution in [2.24, 2.45) is 11.8 Å². The molecule has 0 amide bonds. The van der Waals surface area contributed by atoms with Crippen molar-refractivity contribution < 1.29 is 4.39 Å². The van der Waals surface area contributed by atoms with Gasteiger partial charge in [0.1, 0.15) is 10.8 Å². The van der Waals surface area contributed by atoms with E-state index in [0.29, 0.717) is 0 Å². The molecule has 3 unspecified atom stereocenters. The van der Waals surface area contributed by atoms with E-state index in [-0.39, 0.29) is 5.82 Å². The molecule has 132 valence electrons. The molecule has 0 radical (unpaired) electrons. The molecule has 4 nitrogen and oxygen atoms in total. The lowest BCUT2D eigenvalue weighted by molar-refractivity contribution is 0.173. The number of rotatable bonds is 3. The first-order chi connectivity index (χ1) is 12.3. The number of hydrogen-bond acceptors (Lipinski definition) is 5. The highest BCUT2D eigenvalue weighted by Gasteiger charge is 2.47. The number of aromatic nitrogens is 2. The summed E-state index contributed by atoms with van der Waals surface area (Å²) in [6.45, 7) is 4.84. The summed E-state index contributed by atoms with van der Waals surface area (Å²) in [5.74, 6) is 1.42. The van der Waals surface area contributed by atoms with Crippen LogP contribution in [0.25, 0.3) is 0 Å². The Labute approximate surface area is 151 Å². The average molecular weight is 358 g/mol. The fourth-order valence-electron chi connectivity index (χ4n) is 4.93. The van der Waals surface area contributed by atoms with Crippen molar-refractivity contribution in [2.75, 3.05) is 31.1 Å². The Morgan fingerprint density at radius 1 is 1.08 bits per heavy atom. The maximum atomic E-state index is 13.0. The fraction of sp³-hybridized carbons (Fsp3) is 0.579. The summed E-state index contributed by atoms with van der Waals surface area (Å²) in [6, 6.07) is 7.47. The van der Waals surface area contributed by atoms with Crippen LogP contribution in [-0.2, 0) is 6.42 Å². The molecule has 3 saturated heterocycles. The first-order valence-corrected chi connectivity index (χ1v) is 10.1. The van der Waals surface area contributed by atoms with Gasteiger partial charge in [-0.1, -0.05) is 29.9 Å². The smallest absolute Gasteiger partial charge is 0.208 e. The highest BCUT2D eigenvalue weighted by molar-refractivity contribution is 7.15. The van der Waals surface area contributed by atoms with E-state index in [2.05, 4.69) is 20.0 Å². The third-order valence-electron chi connectivity index (χ3n) is 6.11. The molecule has 3 aliphatic heterocycles. The minimum Gasteiger partial charge on any atom is -0.346 e. The highest BCUT2D eigenvalue weighted by Crippen LogP contribution is 2.42. The number of benzene rings is 1. The van der Waals surface area contributed by atoms with Crippen molar-refractivity contribution in [3.05, 3.63) is 40.7 Å². The van der Waals surface area contributed by atoms with Crippen molar-refractivity contribution in [2.45, 2.75) is 31.7 Å². The molecule has 1 aromatic carbocycles. The topological polar surface area (TPSA) is 32.3 Å². The van der Waals surface area contributed by atoms with Crippen LogP contribution in [-0.4, -0.2) is 47.3 Å². The summed E-state index contributed by atoms with van der Waals surface area (Å²) in [6.07, 6.45) is 4.88. The number of nitrogens with zero attached hydrogens (tertiary/aromatic N) is 4. The molecule has 0 spiro atoms. The number of fused-ring (bicyclic) bond motifs is 3. The largest absolute Gasteiger partial charge is 0.346 e. The van der Waals surface area contributed by atoms with E-state index in [1.54, 1.807) is 11.3 Å². The number of piperidine rings is 1. The normalized spacial score (nSPS) is 29.0. The molecule has 4 heterocycles. The van der Waals surface area contributed by atoms with Gasteiger partial charge < -0.3 is 4.90 Å². The lowest BCUT2D eigenvalue weighted by Crippen LogP contribution is -2.39. The van der Waals surface area contributed by atoms with E-state index in [0.717, 1.165) is 53.1 Å². The number of halogens is 1.